The van der Waals surface area contributed by atoms with Crippen molar-refractivity contribution in [2.75, 3.05) is 16.0 Å². The summed E-state index contributed by atoms with van der Waals surface area (Å²) in [5.74, 6) is -0.381. The Bertz CT molecular complexity index is 938. The van der Waals surface area contributed by atoms with Crippen molar-refractivity contribution in [2.45, 2.75) is 33.6 Å². The zero-order chi connectivity index (χ0) is 20.7. The van der Waals surface area contributed by atoms with Gasteiger partial charge in [-0.25, -0.2) is 0 Å². The van der Waals surface area contributed by atoms with Crippen molar-refractivity contribution in [2.24, 2.45) is 0 Å². The molecule has 0 bridgehead atoms. The minimum absolute atomic E-state index is 0.0381. The molecular formula is C22H24N4O2. The number of benzene rings is 2. The van der Waals surface area contributed by atoms with Gasteiger partial charge in [-0.05, 0) is 48.2 Å². The predicted molar refractivity (Wildman–Crippen MR) is 112 cm³/mol. The fourth-order valence-electron chi connectivity index (χ4n) is 2.70. The van der Waals surface area contributed by atoms with E-state index in [9.17, 15) is 14.9 Å². The number of rotatable bonds is 6. The number of nitrogens with one attached hydrogen (secondary N) is 3. The van der Waals surface area contributed by atoms with Gasteiger partial charge in [0.1, 0.15) is 11.6 Å². The van der Waals surface area contributed by atoms with Gasteiger partial charge in [-0.15, -0.1) is 0 Å². The molecular weight excluding hydrogens is 352 g/mol. The molecule has 144 valence electrons. The number of para-hydroxylation sites is 1. The molecule has 0 aliphatic rings. The average Bonchev–Trinajstić information content (AvgIpc) is 2.64. The Balaban J connectivity index is 2.14. The second-order valence-corrected chi connectivity index (χ2v) is 6.72. The van der Waals surface area contributed by atoms with E-state index in [1.54, 1.807) is 24.3 Å². The third kappa shape index (κ3) is 5.45. The summed E-state index contributed by atoms with van der Waals surface area (Å²) in [5.41, 5.74) is 4.17. The molecule has 2 rings (SSSR count). The lowest BCUT2D eigenvalue weighted by atomic mass is 9.98. The summed E-state index contributed by atoms with van der Waals surface area (Å²) >= 11 is 0. The van der Waals surface area contributed by atoms with E-state index in [-0.39, 0.29) is 11.5 Å². The largest absolute Gasteiger partial charge is 0.360 e. The highest BCUT2D eigenvalue weighted by molar-refractivity contribution is 6.06. The van der Waals surface area contributed by atoms with Crippen molar-refractivity contribution in [3.05, 3.63) is 65.4 Å². The van der Waals surface area contributed by atoms with Crippen molar-refractivity contribution in [1.82, 2.24) is 0 Å². The number of hydrogen-bond acceptors (Lipinski definition) is 4. The molecule has 0 saturated carbocycles. The van der Waals surface area contributed by atoms with Crippen LogP contribution in [0, 0.1) is 18.3 Å². The van der Waals surface area contributed by atoms with Crippen molar-refractivity contribution < 1.29 is 9.59 Å². The van der Waals surface area contributed by atoms with E-state index in [0.717, 1.165) is 16.8 Å². The molecule has 28 heavy (non-hydrogen) atoms. The van der Waals surface area contributed by atoms with Crippen LogP contribution < -0.4 is 16.0 Å². The normalized spacial score (nSPS) is 10.9. The first-order valence-electron chi connectivity index (χ1n) is 8.97. The van der Waals surface area contributed by atoms with Crippen LogP contribution in [0.1, 0.15) is 37.8 Å². The van der Waals surface area contributed by atoms with Crippen LogP contribution in [0.2, 0.25) is 0 Å². The first-order chi connectivity index (χ1) is 13.3. The maximum atomic E-state index is 12.4. The lowest BCUT2D eigenvalue weighted by Gasteiger charge is -2.15. The first kappa shape index (κ1) is 20.7. The molecule has 0 aliphatic heterocycles. The SMILES string of the molecule is CC(=O)Nc1ccc(NC(=O)/C(C#N)=C\Nc2c(C)cccc2C(C)C)cc1. The molecule has 0 aliphatic carbocycles. The third-order valence-corrected chi connectivity index (χ3v) is 4.12. The van der Waals surface area contributed by atoms with E-state index in [0.29, 0.717) is 17.3 Å². The summed E-state index contributed by atoms with van der Waals surface area (Å²) in [4.78, 5) is 23.5. The van der Waals surface area contributed by atoms with Crippen LogP contribution in [-0.4, -0.2) is 11.8 Å². The Morgan fingerprint density at radius 3 is 2.18 bits per heavy atom. The molecule has 6 heteroatoms. The Hall–Kier alpha value is -3.59. The quantitative estimate of drug-likeness (QED) is 0.510. The van der Waals surface area contributed by atoms with Gasteiger partial charge in [-0.2, -0.15) is 5.26 Å². The fourth-order valence-corrected chi connectivity index (χ4v) is 2.70. The van der Waals surface area contributed by atoms with E-state index in [4.69, 9.17) is 0 Å². The fraction of sp³-hybridized carbons (Fsp3) is 0.227. The Morgan fingerprint density at radius 1 is 1.04 bits per heavy atom. The minimum atomic E-state index is -0.512. The monoisotopic (exact) mass is 376 g/mol. The number of hydrogen-bond donors (Lipinski definition) is 3. The molecule has 0 fully saturated rings. The van der Waals surface area contributed by atoms with Gasteiger partial charge in [-0.1, -0.05) is 32.0 Å². The average molecular weight is 376 g/mol. The molecule has 2 aromatic rings. The van der Waals surface area contributed by atoms with Gasteiger partial charge in [0.2, 0.25) is 5.91 Å². The van der Waals surface area contributed by atoms with Crippen LogP contribution in [0.3, 0.4) is 0 Å². The number of nitriles is 1. The van der Waals surface area contributed by atoms with Crippen LogP contribution in [0.15, 0.2) is 54.2 Å². The summed E-state index contributed by atoms with van der Waals surface area (Å²) in [6, 6.07) is 14.6. The van der Waals surface area contributed by atoms with Gasteiger partial charge in [0.05, 0.1) is 0 Å². The topological polar surface area (TPSA) is 94.0 Å². The number of amides is 2. The van der Waals surface area contributed by atoms with E-state index in [2.05, 4.69) is 29.8 Å². The summed E-state index contributed by atoms with van der Waals surface area (Å²) < 4.78 is 0. The second-order valence-electron chi connectivity index (χ2n) is 6.72. The molecule has 0 spiro atoms. The summed E-state index contributed by atoms with van der Waals surface area (Å²) in [6.45, 7) is 7.58. The maximum absolute atomic E-state index is 12.4. The van der Waals surface area contributed by atoms with Crippen LogP contribution in [0.25, 0.3) is 0 Å². The predicted octanol–water partition coefficient (Wildman–Crippen LogP) is 4.53. The lowest BCUT2D eigenvalue weighted by molar-refractivity contribution is -0.114. The number of carbonyl (C=O) groups is 2. The standard InChI is InChI=1S/C22H24N4O2/c1-14(2)20-7-5-6-15(3)21(20)24-13-17(12-23)22(28)26-19-10-8-18(9-11-19)25-16(4)27/h5-11,13-14,24H,1-4H3,(H,25,27)(H,26,28)/b17-13-. The third-order valence-electron chi connectivity index (χ3n) is 4.12. The van der Waals surface area contributed by atoms with Gasteiger partial charge in [0.15, 0.2) is 0 Å². The molecule has 0 atom stereocenters. The van der Waals surface area contributed by atoms with E-state index in [1.165, 1.54) is 13.1 Å². The summed E-state index contributed by atoms with van der Waals surface area (Å²) in [7, 11) is 0. The van der Waals surface area contributed by atoms with Crippen LogP contribution >= 0.6 is 0 Å². The molecule has 0 unspecified atom stereocenters. The summed E-state index contributed by atoms with van der Waals surface area (Å²) in [6.07, 6.45) is 1.43. The zero-order valence-corrected chi connectivity index (χ0v) is 16.5. The molecule has 0 heterocycles. The Kier molecular flexibility index (Phi) is 6.94. The highest BCUT2D eigenvalue weighted by Gasteiger charge is 2.12. The Morgan fingerprint density at radius 2 is 1.64 bits per heavy atom. The zero-order valence-electron chi connectivity index (χ0n) is 16.5. The smallest absolute Gasteiger partial charge is 0.267 e. The lowest BCUT2D eigenvalue weighted by Crippen LogP contribution is -2.15. The highest BCUT2D eigenvalue weighted by atomic mass is 16.2. The second kappa shape index (κ2) is 9.38. The number of aryl methyl sites for hydroxylation is 1. The van der Waals surface area contributed by atoms with Crippen molar-refractivity contribution in [3.8, 4) is 6.07 Å². The van der Waals surface area contributed by atoms with Crippen molar-refractivity contribution in [1.29, 1.82) is 5.26 Å². The van der Waals surface area contributed by atoms with Gasteiger partial charge < -0.3 is 16.0 Å². The molecule has 6 nitrogen and oxygen atoms in total. The minimum Gasteiger partial charge on any atom is -0.360 e. The molecule has 0 saturated heterocycles. The molecule has 3 N–H and O–H groups in total. The molecule has 2 amide bonds. The molecule has 0 radical (unpaired) electrons. The number of carbonyl (C=O) groups excluding carboxylic acids is 2. The van der Waals surface area contributed by atoms with Gasteiger partial charge in [0, 0.05) is 30.2 Å². The molecule has 2 aromatic carbocycles. The van der Waals surface area contributed by atoms with Crippen molar-refractivity contribution in [3.63, 3.8) is 0 Å². The van der Waals surface area contributed by atoms with Gasteiger partial charge in [-0.3, -0.25) is 9.59 Å². The van der Waals surface area contributed by atoms with E-state index < -0.39 is 5.91 Å². The Labute approximate surface area is 165 Å². The van der Waals surface area contributed by atoms with Gasteiger partial charge >= 0.3 is 0 Å². The maximum Gasteiger partial charge on any atom is 0.267 e. The number of nitrogens with zero attached hydrogens (tertiary/aromatic N) is 1. The van der Waals surface area contributed by atoms with E-state index >= 15 is 0 Å². The van der Waals surface area contributed by atoms with Crippen LogP contribution in [-0.2, 0) is 9.59 Å². The first-order valence-corrected chi connectivity index (χ1v) is 8.97. The van der Waals surface area contributed by atoms with Crippen molar-refractivity contribution >= 4 is 28.9 Å². The van der Waals surface area contributed by atoms with Crippen LogP contribution in [0.5, 0.6) is 0 Å². The van der Waals surface area contributed by atoms with Crippen LogP contribution in [0.4, 0.5) is 17.1 Å². The molecule has 0 aromatic heterocycles. The highest BCUT2D eigenvalue weighted by Crippen LogP contribution is 2.27. The van der Waals surface area contributed by atoms with E-state index in [1.807, 2.05) is 31.2 Å². The van der Waals surface area contributed by atoms with Gasteiger partial charge in [0.25, 0.3) is 5.91 Å². The number of anilines is 3. The summed E-state index contributed by atoms with van der Waals surface area (Å²) in [5, 5.41) is 17.8.